The van der Waals surface area contributed by atoms with Crippen molar-refractivity contribution in [3.63, 3.8) is 0 Å². The number of hydrogen-bond acceptors (Lipinski definition) is 2. The molecule has 0 bridgehead atoms. The maximum Gasteiger partial charge on any atom is 0.0484 e. The van der Waals surface area contributed by atoms with Gasteiger partial charge in [-0.05, 0) is 37.6 Å². The molecular formula is C13H20ClNO. The Labute approximate surface area is 103 Å². The van der Waals surface area contributed by atoms with E-state index in [0.717, 1.165) is 31.2 Å². The van der Waals surface area contributed by atoms with Crippen molar-refractivity contribution >= 4 is 11.6 Å². The number of hydrogen-bond donors (Lipinski definition) is 1. The first-order chi connectivity index (χ1) is 7.77. The van der Waals surface area contributed by atoms with Gasteiger partial charge >= 0.3 is 0 Å². The molecule has 1 aromatic rings. The van der Waals surface area contributed by atoms with E-state index in [9.17, 15) is 0 Å². The van der Waals surface area contributed by atoms with Crippen molar-refractivity contribution in [3.8, 4) is 0 Å². The SMILES string of the molecule is CCNC(CCOCC)c1ccc(Cl)cc1. The third-order valence-corrected chi connectivity index (χ3v) is 2.73. The number of rotatable bonds is 7. The molecule has 0 aliphatic carbocycles. The van der Waals surface area contributed by atoms with Gasteiger partial charge in [-0.2, -0.15) is 0 Å². The van der Waals surface area contributed by atoms with Crippen LogP contribution in [0.25, 0.3) is 0 Å². The number of ether oxygens (including phenoxy) is 1. The molecule has 16 heavy (non-hydrogen) atoms. The molecule has 0 saturated carbocycles. The van der Waals surface area contributed by atoms with E-state index in [0.29, 0.717) is 6.04 Å². The Morgan fingerprint density at radius 2 is 1.94 bits per heavy atom. The zero-order chi connectivity index (χ0) is 11.8. The summed E-state index contributed by atoms with van der Waals surface area (Å²) in [6.45, 7) is 6.66. The van der Waals surface area contributed by atoms with E-state index >= 15 is 0 Å². The molecule has 0 saturated heterocycles. The van der Waals surface area contributed by atoms with Crippen molar-refractivity contribution in [2.45, 2.75) is 26.3 Å². The highest BCUT2D eigenvalue weighted by Gasteiger charge is 2.09. The zero-order valence-electron chi connectivity index (χ0n) is 10.0. The van der Waals surface area contributed by atoms with Crippen LogP contribution in [0.5, 0.6) is 0 Å². The molecule has 1 atom stereocenters. The average molecular weight is 242 g/mol. The molecular weight excluding hydrogens is 222 g/mol. The fourth-order valence-electron chi connectivity index (χ4n) is 1.67. The van der Waals surface area contributed by atoms with Crippen LogP contribution in [0.1, 0.15) is 31.9 Å². The maximum absolute atomic E-state index is 5.88. The van der Waals surface area contributed by atoms with Crippen LogP contribution in [0.3, 0.4) is 0 Å². The van der Waals surface area contributed by atoms with Gasteiger partial charge in [0.05, 0.1) is 0 Å². The topological polar surface area (TPSA) is 21.3 Å². The minimum Gasteiger partial charge on any atom is -0.382 e. The van der Waals surface area contributed by atoms with Gasteiger partial charge in [0, 0.05) is 24.3 Å². The molecule has 3 heteroatoms. The molecule has 2 nitrogen and oxygen atoms in total. The molecule has 0 aromatic heterocycles. The molecule has 0 heterocycles. The van der Waals surface area contributed by atoms with Crippen LogP contribution in [0, 0.1) is 0 Å². The third kappa shape index (κ3) is 4.52. The van der Waals surface area contributed by atoms with Crippen molar-refractivity contribution in [1.82, 2.24) is 5.32 Å². The summed E-state index contributed by atoms with van der Waals surface area (Å²) in [6, 6.07) is 8.36. The Balaban J connectivity index is 2.57. The van der Waals surface area contributed by atoms with Crippen LogP contribution >= 0.6 is 11.6 Å². The predicted molar refractivity (Wildman–Crippen MR) is 69.0 cm³/mol. The second kappa shape index (κ2) is 7.66. The lowest BCUT2D eigenvalue weighted by atomic mass is 10.0. The molecule has 0 aliphatic heterocycles. The number of nitrogens with one attached hydrogen (secondary N) is 1. The molecule has 0 aliphatic rings. The van der Waals surface area contributed by atoms with Gasteiger partial charge in [0.1, 0.15) is 0 Å². The average Bonchev–Trinajstić information content (AvgIpc) is 2.29. The van der Waals surface area contributed by atoms with Crippen LogP contribution in [0.4, 0.5) is 0 Å². The first kappa shape index (κ1) is 13.5. The first-order valence-corrected chi connectivity index (χ1v) is 6.22. The van der Waals surface area contributed by atoms with Gasteiger partial charge in [0.2, 0.25) is 0 Å². The van der Waals surface area contributed by atoms with Gasteiger partial charge in [-0.25, -0.2) is 0 Å². The van der Waals surface area contributed by atoms with E-state index in [2.05, 4.69) is 24.4 Å². The molecule has 1 aromatic carbocycles. The summed E-state index contributed by atoms with van der Waals surface area (Å²) in [6.07, 6.45) is 0.989. The summed E-state index contributed by atoms with van der Waals surface area (Å²) in [5, 5.41) is 4.24. The Bertz CT molecular complexity index is 286. The largest absolute Gasteiger partial charge is 0.382 e. The highest BCUT2D eigenvalue weighted by Crippen LogP contribution is 2.19. The smallest absolute Gasteiger partial charge is 0.0484 e. The Morgan fingerprint density at radius 3 is 2.50 bits per heavy atom. The summed E-state index contributed by atoms with van der Waals surface area (Å²) < 4.78 is 5.39. The molecule has 0 spiro atoms. The minimum absolute atomic E-state index is 0.355. The molecule has 0 fully saturated rings. The molecule has 1 unspecified atom stereocenters. The van der Waals surface area contributed by atoms with Crippen LogP contribution in [-0.2, 0) is 4.74 Å². The van der Waals surface area contributed by atoms with E-state index in [1.54, 1.807) is 0 Å². The number of halogens is 1. The molecule has 90 valence electrons. The van der Waals surface area contributed by atoms with E-state index in [4.69, 9.17) is 16.3 Å². The highest BCUT2D eigenvalue weighted by molar-refractivity contribution is 6.30. The van der Waals surface area contributed by atoms with Crippen LogP contribution in [-0.4, -0.2) is 19.8 Å². The van der Waals surface area contributed by atoms with Gasteiger partial charge in [0.15, 0.2) is 0 Å². The van der Waals surface area contributed by atoms with E-state index in [1.807, 2.05) is 19.1 Å². The minimum atomic E-state index is 0.355. The normalized spacial score (nSPS) is 12.7. The highest BCUT2D eigenvalue weighted by atomic mass is 35.5. The predicted octanol–water partition coefficient (Wildman–Crippen LogP) is 3.42. The summed E-state index contributed by atoms with van der Waals surface area (Å²) in [5.41, 5.74) is 1.27. The van der Waals surface area contributed by atoms with Gasteiger partial charge in [-0.3, -0.25) is 0 Å². The quantitative estimate of drug-likeness (QED) is 0.739. The van der Waals surface area contributed by atoms with Crippen molar-refractivity contribution in [3.05, 3.63) is 34.9 Å². The monoisotopic (exact) mass is 241 g/mol. The summed E-state index contributed by atoms with van der Waals surface area (Å²) in [7, 11) is 0. The summed E-state index contributed by atoms with van der Waals surface area (Å²) in [4.78, 5) is 0. The second-order valence-corrected chi connectivity index (χ2v) is 4.08. The van der Waals surface area contributed by atoms with Gasteiger partial charge in [-0.1, -0.05) is 30.7 Å². The summed E-state index contributed by atoms with van der Waals surface area (Å²) >= 11 is 5.88. The Morgan fingerprint density at radius 1 is 1.25 bits per heavy atom. The van der Waals surface area contributed by atoms with Crippen molar-refractivity contribution in [1.29, 1.82) is 0 Å². The lowest BCUT2D eigenvalue weighted by Crippen LogP contribution is -2.22. The third-order valence-electron chi connectivity index (χ3n) is 2.48. The second-order valence-electron chi connectivity index (χ2n) is 3.65. The maximum atomic E-state index is 5.88. The van der Waals surface area contributed by atoms with E-state index in [1.165, 1.54) is 5.56 Å². The standard InChI is InChI=1S/C13H20ClNO/c1-3-15-13(9-10-16-4-2)11-5-7-12(14)8-6-11/h5-8,13,15H,3-4,9-10H2,1-2H3. The molecule has 0 amide bonds. The van der Waals surface area contributed by atoms with E-state index < -0.39 is 0 Å². The lowest BCUT2D eigenvalue weighted by molar-refractivity contribution is 0.136. The Hall–Kier alpha value is -0.570. The fraction of sp³-hybridized carbons (Fsp3) is 0.538. The van der Waals surface area contributed by atoms with Crippen LogP contribution in [0.15, 0.2) is 24.3 Å². The Kier molecular flexibility index (Phi) is 6.46. The van der Waals surface area contributed by atoms with Crippen molar-refractivity contribution in [2.24, 2.45) is 0 Å². The zero-order valence-corrected chi connectivity index (χ0v) is 10.8. The van der Waals surface area contributed by atoms with E-state index in [-0.39, 0.29) is 0 Å². The lowest BCUT2D eigenvalue weighted by Gasteiger charge is -2.18. The van der Waals surface area contributed by atoms with Gasteiger partial charge in [-0.15, -0.1) is 0 Å². The van der Waals surface area contributed by atoms with Crippen LogP contribution in [0.2, 0.25) is 5.02 Å². The number of benzene rings is 1. The van der Waals surface area contributed by atoms with Crippen molar-refractivity contribution in [2.75, 3.05) is 19.8 Å². The fourth-order valence-corrected chi connectivity index (χ4v) is 1.80. The van der Waals surface area contributed by atoms with Gasteiger partial charge < -0.3 is 10.1 Å². The molecule has 1 N–H and O–H groups in total. The summed E-state index contributed by atoms with van der Waals surface area (Å²) in [5.74, 6) is 0. The molecule has 1 rings (SSSR count). The van der Waals surface area contributed by atoms with Gasteiger partial charge in [0.25, 0.3) is 0 Å². The van der Waals surface area contributed by atoms with Crippen molar-refractivity contribution < 1.29 is 4.74 Å². The molecule has 0 radical (unpaired) electrons. The first-order valence-electron chi connectivity index (χ1n) is 5.84. The van der Waals surface area contributed by atoms with Crippen LogP contribution < -0.4 is 5.32 Å².